The van der Waals surface area contributed by atoms with Gasteiger partial charge in [-0.3, -0.25) is 0 Å². The van der Waals surface area contributed by atoms with E-state index in [2.05, 4.69) is 4.98 Å². The van der Waals surface area contributed by atoms with Gasteiger partial charge in [-0.05, 0) is 42.8 Å². The fourth-order valence-corrected chi connectivity index (χ4v) is 1.80. The van der Waals surface area contributed by atoms with E-state index in [4.69, 9.17) is 10.2 Å². The number of benzene rings is 2. The summed E-state index contributed by atoms with van der Waals surface area (Å²) < 4.78 is 5.70. The lowest BCUT2D eigenvalue weighted by atomic mass is 10.1. The first-order chi connectivity index (χ1) is 8.24. The molecule has 1 heterocycles. The molecule has 2 aromatic carbocycles. The first-order valence-electron chi connectivity index (χ1n) is 5.46. The molecular formula is C14H12N2O. The maximum absolute atomic E-state index is 5.79. The monoisotopic (exact) mass is 224 g/mol. The Balaban J connectivity index is 2.17. The molecule has 0 bridgehead atoms. The number of para-hydroxylation sites is 2. The highest BCUT2D eigenvalue weighted by Gasteiger charge is 2.08. The van der Waals surface area contributed by atoms with Gasteiger partial charge in [0, 0.05) is 11.3 Å². The normalized spacial score (nSPS) is 10.9. The van der Waals surface area contributed by atoms with Gasteiger partial charge >= 0.3 is 0 Å². The first-order valence-corrected chi connectivity index (χ1v) is 5.46. The fourth-order valence-electron chi connectivity index (χ4n) is 1.80. The minimum absolute atomic E-state index is 0.634. The van der Waals surface area contributed by atoms with Crippen molar-refractivity contribution in [1.82, 2.24) is 4.98 Å². The van der Waals surface area contributed by atoms with E-state index < -0.39 is 0 Å². The second-order valence-corrected chi connectivity index (χ2v) is 4.06. The number of nitrogens with two attached hydrogens (primary N) is 1. The SMILES string of the molecule is Cc1cc(-c2nc3ccccc3o2)ccc1N. The van der Waals surface area contributed by atoms with E-state index in [1.165, 1.54) is 0 Å². The molecule has 0 aliphatic heterocycles. The van der Waals surface area contributed by atoms with Crippen LogP contribution in [0.4, 0.5) is 5.69 Å². The largest absolute Gasteiger partial charge is 0.436 e. The number of hydrogen-bond donors (Lipinski definition) is 1. The zero-order valence-corrected chi connectivity index (χ0v) is 9.47. The van der Waals surface area contributed by atoms with Gasteiger partial charge in [-0.1, -0.05) is 12.1 Å². The van der Waals surface area contributed by atoms with Crippen molar-refractivity contribution in [3.8, 4) is 11.5 Å². The summed E-state index contributed by atoms with van der Waals surface area (Å²) in [6.07, 6.45) is 0. The average Bonchev–Trinajstić information content (AvgIpc) is 2.76. The Bertz CT molecular complexity index is 653. The summed E-state index contributed by atoms with van der Waals surface area (Å²) in [5.74, 6) is 0.634. The lowest BCUT2D eigenvalue weighted by molar-refractivity contribution is 0.620. The van der Waals surface area contributed by atoms with E-state index >= 15 is 0 Å². The Morgan fingerprint density at radius 2 is 1.94 bits per heavy atom. The van der Waals surface area contributed by atoms with Crippen LogP contribution in [0.2, 0.25) is 0 Å². The van der Waals surface area contributed by atoms with Crippen LogP contribution >= 0.6 is 0 Å². The zero-order valence-electron chi connectivity index (χ0n) is 9.47. The smallest absolute Gasteiger partial charge is 0.227 e. The number of nitrogen functional groups attached to an aromatic ring is 1. The van der Waals surface area contributed by atoms with E-state index in [1.54, 1.807) is 0 Å². The topological polar surface area (TPSA) is 52.0 Å². The molecule has 0 amide bonds. The molecule has 0 radical (unpaired) electrons. The van der Waals surface area contributed by atoms with E-state index in [0.717, 1.165) is 27.9 Å². The molecule has 0 atom stereocenters. The molecule has 84 valence electrons. The lowest BCUT2D eigenvalue weighted by Gasteiger charge is -2.00. The van der Waals surface area contributed by atoms with Crippen LogP contribution in [0.25, 0.3) is 22.6 Å². The summed E-state index contributed by atoms with van der Waals surface area (Å²) in [5, 5.41) is 0. The molecule has 3 nitrogen and oxygen atoms in total. The second kappa shape index (κ2) is 3.63. The Labute approximate surface area is 98.9 Å². The summed E-state index contributed by atoms with van der Waals surface area (Å²) >= 11 is 0. The van der Waals surface area contributed by atoms with Crippen molar-refractivity contribution < 1.29 is 4.42 Å². The lowest BCUT2D eigenvalue weighted by Crippen LogP contribution is -1.89. The number of aromatic nitrogens is 1. The van der Waals surface area contributed by atoms with Gasteiger partial charge in [-0.25, -0.2) is 4.98 Å². The highest BCUT2D eigenvalue weighted by molar-refractivity contribution is 5.76. The summed E-state index contributed by atoms with van der Waals surface area (Å²) in [4.78, 5) is 4.45. The molecule has 17 heavy (non-hydrogen) atoms. The quantitative estimate of drug-likeness (QED) is 0.644. The molecule has 1 aromatic heterocycles. The maximum atomic E-state index is 5.79. The molecular weight excluding hydrogens is 212 g/mol. The number of fused-ring (bicyclic) bond motifs is 1. The van der Waals surface area contributed by atoms with E-state index in [0.29, 0.717) is 5.89 Å². The van der Waals surface area contributed by atoms with Gasteiger partial charge in [0.1, 0.15) is 5.52 Å². The maximum Gasteiger partial charge on any atom is 0.227 e. The molecule has 0 fully saturated rings. The van der Waals surface area contributed by atoms with Crippen LogP contribution < -0.4 is 5.73 Å². The highest BCUT2D eigenvalue weighted by atomic mass is 16.3. The van der Waals surface area contributed by atoms with Crippen LogP contribution in [0.15, 0.2) is 46.9 Å². The summed E-state index contributed by atoms with van der Waals surface area (Å²) in [5.41, 5.74) is 10.2. The number of hydrogen-bond acceptors (Lipinski definition) is 3. The van der Waals surface area contributed by atoms with Crippen LogP contribution in [-0.4, -0.2) is 4.98 Å². The molecule has 3 rings (SSSR count). The van der Waals surface area contributed by atoms with E-state index in [1.807, 2.05) is 49.4 Å². The predicted molar refractivity (Wildman–Crippen MR) is 68.6 cm³/mol. The first kappa shape index (κ1) is 9.90. The minimum atomic E-state index is 0.634. The minimum Gasteiger partial charge on any atom is -0.436 e. The van der Waals surface area contributed by atoms with E-state index in [9.17, 15) is 0 Å². The second-order valence-electron chi connectivity index (χ2n) is 4.06. The summed E-state index contributed by atoms with van der Waals surface area (Å²) in [7, 11) is 0. The third-order valence-electron chi connectivity index (χ3n) is 2.81. The molecule has 0 saturated carbocycles. The Kier molecular flexibility index (Phi) is 2.11. The molecule has 0 aliphatic rings. The van der Waals surface area contributed by atoms with Crippen molar-refractivity contribution in [1.29, 1.82) is 0 Å². The van der Waals surface area contributed by atoms with Crippen molar-refractivity contribution in [3.05, 3.63) is 48.0 Å². The van der Waals surface area contributed by atoms with Crippen LogP contribution in [-0.2, 0) is 0 Å². The molecule has 0 spiro atoms. The molecule has 0 aliphatic carbocycles. The average molecular weight is 224 g/mol. The van der Waals surface area contributed by atoms with Gasteiger partial charge in [-0.15, -0.1) is 0 Å². The van der Waals surface area contributed by atoms with Crippen molar-refractivity contribution >= 4 is 16.8 Å². The summed E-state index contributed by atoms with van der Waals surface area (Å²) in [6, 6.07) is 13.5. The number of nitrogens with zero attached hydrogens (tertiary/aromatic N) is 1. The molecule has 0 unspecified atom stereocenters. The third kappa shape index (κ3) is 1.65. The van der Waals surface area contributed by atoms with Gasteiger partial charge < -0.3 is 10.2 Å². The molecule has 0 saturated heterocycles. The van der Waals surface area contributed by atoms with Crippen LogP contribution in [0.5, 0.6) is 0 Å². The van der Waals surface area contributed by atoms with Crippen LogP contribution in [0.3, 0.4) is 0 Å². The van der Waals surface area contributed by atoms with Gasteiger partial charge in [0.2, 0.25) is 5.89 Å². The number of rotatable bonds is 1. The predicted octanol–water partition coefficient (Wildman–Crippen LogP) is 3.39. The van der Waals surface area contributed by atoms with E-state index in [-0.39, 0.29) is 0 Å². The molecule has 3 aromatic rings. The Hall–Kier alpha value is -2.29. The van der Waals surface area contributed by atoms with Gasteiger partial charge in [0.05, 0.1) is 0 Å². The third-order valence-corrected chi connectivity index (χ3v) is 2.81. The van der Waals surface area contributed by atoms with Crippen molar-refractivity contribution in [2.45, 2.75) is 6.92 Å². The highest BCUT2D eigenvalue weighted by Crippen LogP contribution is 2.26. The fraction of sp³-hybridized carbons (Fsp3) is 0.0714. The zero-order chi connectivity index (χ0) is 11.8. The summed E-state index contributed by atoms with van der Waals surface area (Å²) in [6.45, 7) is 1.97. The Morgan fingerprint density at radius 1 is 1.12 bits per heavy atom. The van der Waals surface area contributed by atoms with Crippen LogP contribution in [0.1, 0.15) is 5.56 Å². The number of oxazole rings is 1. The van der Waals surface area contributed by atoms with Gasteiger partial charge in [0.25, 0.3) is 0 Å². The Morgan fingerprint density at radius 3 is 2.71 bits per heavy atom. The van der Waals surface area contributed by atoms with Crippen molar-refractivity contribution in [3.63, 3.8) is 0 Å². The van der Waals surface area contributed by atoms with Gasteiger partial charge in [-0.2, -0.15) is 0 Å². The molecule has 2 N–H and O–H groups in total. The van der Waals surface area contributed by atoms with Crippen molar-refractivity contribution in [2.75, 3.05) is 5.73 Å². The van der Waals surface area contributed by atoms with Crippen molar-refractivity contribution in [2.24, 2.45) is 0 Å². The molecule has 3 heteroatoms. The van der Waals surface area contributed by atoms with Crippen LogP contribution in [0, 0.1) is 6.92 Å². The number of anilines is 1. The number of aryl methyl sites for hydroxylation is 1. The standard InChI is InChI=1S/C14H12N2O/c1-9-8-10(6-7-11(9)15)14-16-12-4-2-3-5-13(12)17-14/h2-8H,15H2,1H3. The van der Waals surface area contributed by atoms with Gasteiger partial charge in [0.15, 0.2) is 5.58 Å².